The van der Waals surface area contributed by atoms with Crippen LogP contribution in [0.5, 0.6) is 0 Å². The molecule has 0 unspecified atom stereocenters. The van der Waals surface area contributed by atoms with E-state index in [9.17, 15) is 0 Å². The molecule has 0 saturated carbocycles. The van der Waals surface area contributed by atoms with Crippen molar-refractivity contribution in [2.24, 2.45) is 11.7 Å². The number of hydrogen-bond acceptors (Lipinski definition) is 3. The van der Waals surface area contributed by atoms with Crippen LogP contribution in [0.3, 0.4) is 0 Å². The van der Waals surface area contributed by atoms with Crippen molar-refractivity contribution in [3.8, 4) is 0 Å². The Morgan fingerprint density at radius 3 is 2.67 bits per heavy atom. The van der Waals surface area contributed by atoms with Gasteiger partial charge in [-0.3, -0.25) is 0 Å². The van der Waals surface area contributed by atoms with Crippen LogP contribution in [-0.4, -0.2) is 26.8 Å². The summed E-state index contributed by atoms with van der Waals surface area (Å²) >= 11 is 0. The van der Waals surface area contributed by atoms with E-state index in [0.29, 0.717) is 6.54 Å². The van der Waals surface area contributed by atoms with Crippen LogP contribution in [0.4, 0.5) is 5.69 Å². The van der Waals surface area contributed by atoms with E-state index in [1.165, 1.54) is 29.7 Å². The lowest BCUT2D eigenvalue weighted by molar-refractivity contribution is 0.0685. The van der Waals surface area contributed by atoms with Crippen LogP contribution in [0.2, 0.25) is 0 Å². The molecule has 2 N–H and O–H groups in total. The molecule has 1 saturated heterocycles. The molecule has 1 aliphatic rings. The quantitative estimate of drug-likeness (QED) is 0.888. The fraction of sp³-hybridized carbons (Fsp3) is 0.600. The van der Waals surface area contributed by atoms with Gasteiger partial charge in [0.25, 0.3) is 0 Å². The standard InChI is InChI=1S/C15H24N2O/c1-12-9-15(4-3-14(12)10-16)17(2)11-13-5-7-18-8-6-13/h3-4,9,13H,5-8,10-11,16H2,1-2H3. The van der Waals surface area contributed by atoms with E-state index in [-0.39, 0.29) is 0 Å². The molecule has 100 valence electrons. The van der Waals surface area contributed by atoms with Crippen molar-refractivity contribution < 1.29 is 4.74 Å². The smallest absolute Gasteiger partial charge is 0.0469 e. The zero-order valence-corrected chi connectivity index (χ0v) is 11.5. The van der Waals surface area contributed by atoms with Gasteiger partial charge in [-0.25, -0.2) is 0 Å². The maximum Gasteiger partial charge on any atom is 0.0469 e. The molecule has 3 nitrogen and oxygen atoms in total. The highest BCUT2D eigenvalue weighted by atomic mass is 16.5. The van der Waals surface area contributed by atoms with Crippen LogP contribution in [0, 0.1) is 12.8 Å². The molecule has 18 heavy (non-hydrogen) atoms. The summed E-state index contributed by atoms with van der Waals surface area (Å²) in [6.45, 7) is 5.71. The Bertz CT molecular complexity index is 386. The molecule has 1 aliphatic heterocycles. The summed E-state index contributed by atoms with van der Waals surface area (Å²) < 4.78 is 5.40. The third-order valence-electron chi connectivity index (χ3n) is 3.86. The first kappa shape index (κ1) is 13.4. The molecule has 0 aromatic heterocycles. The molecular formula is C15H24N2O. The maximum absolute atomic E-state index is 5.70. The molecule has 0 bridgehead atoms. The fourth-order valence-corrected chi connectivity index (χ4v) is 2.57. The molecule has 0 atom stereocenters. The van der Waals surface area contributed by atoms with Crippen LogP contribution in [0.15, 0.2) is 18.2 Å². The molecule has 0 spiro atoms. The van der Waals surface area contributed by atoms with Crippen LogP contribution in [0.25, 0.3) is 0 Å². The average molecular weight is 248 g/mol. The first-order valence-corrected chi connectivity index (χ1v) is 6.79. The Morgan fingerprint density at radius 2 is 2.06 bits per heavy atom. The number of aryl methyl sites for hydroxylation is 1. The molecule has 0 radical (unpaired) electrons. The van der Waals surface area contributed by atoms with Crippen LogP contribution in [-0.2, 0) is 11.3 Å². The van der Waals surface area contributed by atoms with Crippen molar-refractivity contribution in [1.29, 1.82) is 0 Å². The molecule has 0 aliphatic carbocycles. The largest absolute Gasteiger partial charge is 0.381 e. The summed E-state index contributed by atoms with van der Waals surface area (Å²) in [6.07, 6.45) is 2.37. The highest BCUT2D eigenvalue weighted by Gasteiger charge is 2.16. The molecule has 1 aromatic carbocycles. The monoisotopic (exact) mass is 248 g/mol. The molecule has 1 heterocycles. The second-order valence-corrected chi connectivity index (χ2v) is 5.25. The van der Waals surface area contributed by atoms with E-state index in [1.807, 2.05) is 0 Å². The minimum atomic E-state index is 0.621. The second kappa shape index (κ2) is 6.21. The number of nitrogens with two attached hydrogens (primary N) is 1. The van der Waals surface area contributed by atoms with E-state index in [1.54, 1.807) is 0 Å². The maximum atomic E-state index is 5.70. The Hall–Kier alpha value is -1.06. The third kappa shape index (κ3) is 3.24. The highest BCUT2D eigenvalue weighted by Crippen LogP contribution is 2.22. The molecular weight excluding hydrogens is 224 g/mol. The first-order chi connectivity index (χ1) is 8.70. The van der Waals surface area contributed by atoms with E-state index < -0.39 is 0 Å². The Morgan fingerprint density at radius 1 is 1.33 bits per heavy atom. The van der Waals surface area contributed by atoms with Crippen molar-refractivity contribution in [3.63, 3.8) is 0 Å². The van der Waals surface area contributed by atoms with Gasteiger partial charge in [-0.05, 0) is 48.9 Å². The van der Waals surface area contributed by atoms with E-state index >= 15 is 0 Å². The van der Waals surface area contributed by atoms with Crippen molar-refractivity contribution >= 4 is 5.69 Å². The summed E-state index contributed by atoms with van der Waals surface area (Å²) in [6, 6.07) is 6.56. The van der Waals surface area contributed by atoms with Crippen molar-refractivity contribution in [1.82, 2.24) is 0 Å². The summed E-state index contributed by atoms with van der Waals surface area (Å²) in [7, 11) is 2.17. The number of hydrogen-bond donors (Lipinski definition) is 1. The summed E-state index contributed by atoms with van der Waals surface area (Å²) in [5.74, 6) is 0.762. The lowest BCUT2D eigenvalue weighted by atomic mass is 9.99. The predicted molar refractivity (Wildman–Crippen MR) is 75.9 cm³/mol. The Kier molecular flexibility index (Phi) is 4.61. The van der Waals surface area contributed by atoms with Gasteiger partial charge in [0.1, 0.15) is 0 Å². The highest BCUT2D eigenvalue weighted by molar-refractivity contribution is 5.50. The number of anilines is 1. The van der Waals surface area contributed by atoms with Gasteiger partial charge in [0.05, 0.1) is 0 Å². The number of ether oxygens (including phenoxy) is 1. The summed E-state index contributed by atoms with van der Waals surface area (Å²) in [5.41, 5.74) is 9.51. The zero-order chi connectivity index (χ0) is 13.0. The van der Waals surface area contributed by atoms with Gasteiger partial charge in [0.2, 0.25) is 0 Å². The van der Waals surface area contributed by atoms with Crippen molar-refractivity contribution in [2.45, 2.75) is 26.3 Å². The number of nitrogens with zero attached hydrogens (tertiary/aromatic N) is 1. The number of rotatable bonds is 4. The summed E-state index contributed by atoms with van der Waals surface area (Å²) in [4.78, 5) is 2.35. The van der Waals surface area contributed by atoms with Gasteiger partial charge in [-0.2, -0.15) is 0 Å². The normalized spacial score (nSPS) is 16.8. The van der Waals surface area contributed by atoms with E-state index in [0.717, 1.165) is 25.7 Å². The Labute approximate surface area is 110 Å². The van der Waals surface area contributed by atoms with Gasteiger partial charge in [0, 0.05) is 39.0 Å². The van der Waals surface area contributed by atoms with Gasteiger partial charge in [0.15, 0.2) is 0 Å². The van der Waals surface area contributed by atoms with Gasteiger partial charge in [-0.1, -0.05) is 6.07 Å². The summed E-state index contributed by atoms with van der Waals surface area (Å²) in [5, 5.41) is 0. The minimum Gasteiger partial charge on any atom is -0.381 e. The predicted octanol–water partition coefficient (Wildman–Crippen LogP) is 2.32. The van der Waals surface area contributed by atoms with E-state index in [2.05, 4.69) is 37.1 Å². The average Bonchev–Trinajstić information content (AvgIpc) is 2.39. The van der Waals surface area contributed by atoms with Crippen LogP contribution < -0.4 is 10.6 Å². The second-order valence-electron chi connectivity index (χ2n) is 5.25. The van der Waals surface area contributed by atoms with E-state index in [4.69, 9.17) is 10.5 Å². The first-order valence-electron chi connectivity index (χ1n) is 6.79. The Balaban J connectivity index is 1.99. The van der Waals surface area contributed by atoms with Crippen LogP contribution >= 0.6 is 0 Å². The molecule has 2 rings (SSSR count). The third-order valence-corrected chi connectivity index (χ3v) is 3.86. The fourth-order valence-electron chi connectivity index (χ4n) is 2.57. The minimum absolute atomic E-state index is 0.621. The SMILES string of the molecule is Cc1cc(N(C)CC2CCOCC2)ccc1CN. The molecule has 3 heteroatoms. The zero-order valence-electron chi connectivity index (χ0n) is 11.5. The topological polar surface area (TPSA) is 38.5 Å². The lowest BCUT2D eigenvalue weighted by Crippen LogP contribution is -2.29. The molecule has 0 amide bonds. The van der Waals surface area contributed by atoms with Crippen molar-refractivity contribution in [2.75, 3.05) is 31.7 Å². The van der Waals surface area contributed by atoms with Gasteiger partial charge < -0.3 is 15.4 Å². The van der Waals surface area contributed by atoms with Gasteiger partial charge >= 0.3 is 0 Å². The van der Waals surface area contributed by atoms with Crippen molar-refractivity contribution in [3.05, 3.63) is 29.3 Å². The van der Waals surface area contributed by atoms with Crippen LogP contribution in [0.1, 0.15) is 24.0 Å². The lowest BCUT2D eigenvalue weighted by Gasteiger charge is -2.28. The van der Waals surface area contributed by atoms with Gasteiger partial charge in [-0.15, -0.1) is 0 Å². The number of benzene rings is 1. The molecule has 1 aromatic rings. The molecule has 1 fully saturated rings.